The van der Waals surface area contributed by atoms with Crippen LogP contribution < -0.4 is 15.8 Å². The summed E-state index contributed by atoms with van der Waals surface area (Å²) in [4.78, 5) is 8.10. The maximum atomic E-state index is 5.90. The second-order valence-corrected chi connectivity index (χ2v) is 4.86. The third kappa shape index (κ3) is 3.24. The van der Waals surface area contributed by atoms with Crippen molar-refractivity contribution in [1.82, 2.24) is 9.97 Å². The van der Waals surface area contributed by atoms with Gasteiger partial charge in [-0.3, -0.25) is 0 Å². The van der Waals surface area contributed by atoms with Crippen LogP contribution in [0.4, 0.5) is 11.5 Å². The van der Waals surface area contributed by atoms with Crippen LogP contribution in [-0.4, -0.2) is 23.6 Å². The molecule has 1 aliphatic carbocycles. The zero-order valence-corrected chi connectivity index (χ0v) is 11.0. The molecule has 1 fully saturated rings. The standard InChI is InChI=1S/C13H22N4O/c1-18-13-11(14)12(16-9-17-13)15-8-7-10-5-3-2-4-6-10/h9-10H,2-8,14H2,1H3,(H,15,16,17). The minimum atomic E-state index is 0.435. The van der Waals surface area contributed by atoms with E-state index in [9.17, 15) is 0 Å². The summed E-state index contributed by atoms with van der Waals surface area (Å²) in [5.41, 5.74) is 6.39. The van der Waals surface area contributed by atoms with E-state index in [1.165, 1.54) is 44.9 Å². The van der Waals surface area contributed by atoms with Crippen molar-refractivity contribution in [3.8, 4) is 5.88 Å². The van der Waals surface area contributed by atoms with Crippen molar-refractivity contribution in [2.75, 3.05) is 24.7 Å². The Kier molecular flexibility index (Phi) is 4.61. The van der Waals surface area contributed by atoms with Crippen LogP contribution in [0, 0.1) is 5.92 Å². The molecule has 100 valence electrons. The van der Waals surface area contributed by atoms with E-state index < -0.39 is 0 Å². The average Bonchev–Trinajstić information content (AvgIpc) is 2.42. The maximum Gasteiger partial charge on any atom is 0.242 e. The van der Waals surface area contributed by atoms with Crippen LogP contribution in [0.15, 0.2) is 6.33 Å². The summed E-state index contributed by atoms with van der Waals surface area (Å²) in [6.45, 7) is 0.912. The topological polar surface area (TPSA) is 73.1 Å². The third-order valence-corrected chi connectivity index (χ3v) is 3.61. The average molecular weight is 250 g/mol. The number of nitrogens with two attached hydrogens (primary N) is 1. The van der Waals surface area contributed by atoms with Gasteiger partial charge < -0.3 is 15.8 Å². The van der Waals surface area contributed by atoms with Crippen molar-refractivity contribution < 1.29 is 4.74 Å². The molecule has 0 bridgehead atoms. The van der Waals surface area contributed by atoms with Crippen LogP contribution in [0.3, 0.4) is 0 Å². The summed E-state index contributed by atoms with van der Waals surface area (Å²) in [7, 11) is 1.56. The van der Waals surface area contributed by atoms with Gasteiger partial charge in [0.05, 0.1) is 7.11 Å². The molecule has 0 saturated heterocycles. The molecule has 0 unspecified atom stereocenters. The highest BCUT2D eigenvalue weighted by Gasteiger charge is 2.13. The van der Waals surface area contributed by atoms with Gasteiger partial charge in [0.25, 0.3) is 0 Å². The van der Waals surface area contributed by atoms with Gasteiger partial charge >= 0.3 is 0 Å². The van der Waals surface area contributed by atoms with Crippen molar-refractivity contribution in [2.24, 2.45) is 5.92 Å². The molecule has 3 N–H and O–H groups in total. The number of hydrogen-bond acceptors (Lipinski definition) is 5. The second-order valence-electron chi connectivity index (χ2n) is 4.86. The number of hydrogen-bond donors (Lipinski definition) is 2. The van der Waals surface area contributed by atoms with Crippen LogP contribution in [0.2, 0.25) is 0 Å². The van der Waals surface area contributed by atoms with E-state index in [1.54, 1.807) is 7.11 Å². The monoisotopic (exact) mass is 250 g/mol. The van der Waals surface area contributed by atoms with E-state index in [4.69, 9.17) is 10.5 Å². The van der Waals surface area contributed by atoms with Gasteiger partial charge in [-0.1, -0.05) is 32.1 Å². The first kappa shape index (κ1) is 12.9. The molecular weight excluding hydrogens is 228 g/mol. The SMILES string of the molecule is COc1ncnc(NCCC2CCCCC2)c1N. The Morgan fingerprint density at radius 3 is 2.83 bits per heavy atom. The zero-order valence-electron chi connectivity index (χ0n) is 11.0. The van der Waals surface area contributed by atoms with Gasteiger partial charge in [0.1, 0.15) is 12.0 Å². The van der Waals surface area contributed by atoms with Crippen molar-refractivity contribution in [3.63, 3.8) is 0 Å². The fraction of sp³-hybridized carbons (Fsp3) is 0.692. The smallest absolute Gasteiger partial charge is 0.242 e. The van der Waals surface area contributed by atoms with Gasteiger partial charge in [-0.15, -0.1) is 0 Å². The quantitative estimate of drug-likeness (QED) is 0.839. The summed E-state index contributed by atoms with van der Waals surface area (Å²) in [5, 5.41) is 3.28. The number of nitrogens with one attached hydrogen (secondary N) is 1. The molecule has 1 heterocycles. The van der Waals surface area contributed by atoms with Gasteiger partial charge in [0.15, 0.2) is 5.82 Å². The van der Waals surface area contributed by atoms with E-state index in [0.717, 1.165) is 12.5 Å². The minimum absolute atomic E-state index is 0.435. The van der Waals surface area contributed by atoms with E-state index in [2.05, 4.69) is 15.3 Å². The predicted octanol–water partition coefficient (Wildman–Crippen LogP) is 2.45. The molecule has 0 aromatic carbocycles. The van der Waals surface area contributed by atoms with Gasteiger partial charge in [0.2, 0.25) is 5.88 Å². The Morgan fingerprint density at radius 2 is 2.11 bits per heavy atom. The highest BCUT2D eigenvalue weighted by Crippen LogP contribution is 2.27. The number of nitrogen functional groups attached to an aromatic ring is 1. The number of methoxy groups -OCH3 is 1. The lowest BCUT2D eigenvalue weighted by atomic mass is 9.87. The summed E-state index contributed by atoms with van der Waals surface area (Å²) in [5.74, 6) is 1.97. The fourth-order valence-electron chi connectivity index (χ4n) is 2.55. The Bertz CT molecular complexity index is 377. The molecule has 0 spiro atoms. The van der Waals surface area contributed by atoms with E-state index in [0.29, 0.717) is 17.4 Å². The highest BCUT2D eigenvalue weighted by atomic mass is 16.5. The first-order valence-electron chi connectivity index (χ1n) is 6.69. The number of anilines is 2. The van der Waals surface area contributed by atoms with Gasteiger partial charge in [-0.2, -0.15) is 4.98 Å². The van der Waals surface area contributed by atoms with Crippen molar-refractivity contribution in [2.45, 2.75) is 38.5 Å². The Morgan fingerprint density at radius 1 is 1.33 bits per heavy atom. The minimum Gasteiger partial charge on any atom is -0.479 e. The summed E-state index contributed by atoms with van der Waals surface area (Å²) in [6, 6.07) is 0. The molecule has 1 saturated carbocycles. The van der Waals surface area contributed by atoms with Crippen LogP contribution in [-0.2, 0) is 0 Å². The fourth-order valence-corrected chi connectivity index (χ4v) is 2.55. The van der Waals surface area contributed by atoms with E-state index in [-0.39, 0.29) is 0 Å². The molecule has 0 atom stereocenters. The molecule has 1 aromatic heterocycles. The predicted molar refractivity (Wildman–Crippen MR) is 72.7 cm³/mol. The first-order chi connectivity index (χ1) is 8.81. The largest absolute Gasteiger partial charge is 0.479 e. The van der Waals surface area contributed by atoms with Crippen molar-refractivity contribution in [1.29, 1.82) is 0 Å². The number of rotatable bonds is 5. The van der Waals surface area contributed by atoms with Gasteiger partial charge in [0, 0.05) is 6.54 Å². The maximum absolute atomic E-state index is 5.90. The summed E-state index contributed by atoms with van der Waals surface area (Å²) < 4.78 is 5.07. The van der Waals surface area contributed by atoms with Crippen molar-refractivity contribution >= 4 is 11.5 Å². The third-order valence-electron chi connectivity index (χ3n) is 3.61. The summed E-state index contributed by atoms with van der Waals surface area (Å²) in [6.07, 6.45) is 9.56. The zero-order chi connectivity index (χ0) is 12.8. The Balaban J connectivity index is 1.82. The highest BCUT2D eigenvalue weighted by molar-refractivity contribution is 5.66. The Hall–Kier alpha value is -1.52. The number of nitrogens with zero attached hydrogens (tertiary/aromatic N) is 2. The molecule has 18 heavy (non-hydrogen) atoms. The van der Waals surface area contributed by atoms with Gasteiger partial charge in [-0.25, -0.2) is 4.98 Å². The van der Waals surface area contributed by atoms with E-state index >= 15 is 0 Å². The van der Waals surface area contributed by atoms with Crippen LogP contribution in [0.25, 0.3) is 0 Å². The van der Waals surface area contributed by atoms with Crippen LogP contribution in [0.5, 0.6) is 5.88 Å². The van der Waals surface area contributed by atoms with Crippen molar-refractivity contribution in [3.05, 3.63) is 6.33 Å². The second kappa shape index (κ2) is 6.42. The molecule has 5 nitrogen and oxygen atoms in total. The normalized spacial score (nSPS) is 16.5. The number of ether oxygens (including phenoxy) is 1. The lowest BCUT2D eigenvalue weighted by Gasteiger charge is -2.21. The first-order valence-corrected chi connectivity index (χ1v) is 6.69. The molecule has 0 amide bonds. The lowest BCUT2D eigenvalue weighted by Crippen LogP contribution is -2.14. The number of aromatic nitrogens is 2. The van der Waals surface area contributed by atoms with E-state index in [1.807, 2.05) is 0 Å². The Labute approximate surface area is 108 Å². The van der Waals surface area contributed by atoms with Crippen LogP contribution >= 0.6 is 0 Å². The molecule has 0 aliphatic heterocycles. The molecule has 0 radical (unpaired) electrons. The molecule has 1 aromatic rings. The molecule has 2 rings (SSSR count). The van der Waals surface area contributed by atoms with Gasteiger partial charge in [-0.05, 0) is 12.3 Å². The lowest BCUT2D eigenvalue weighted by molar-refractivity contribution is 0.345. The molecule has 5 heteroatoms. The van der Waals surface area contributed by atoms with Crippen LogP contribution in [0.1, 0.15) is 38.5 Å². The molecule has 1 aliphatic rings. The molecular formula is C13H22N4O. The summed E-state index contributed by atoms with van der Waals surface area (Å²) >= 11 is 0.